The van der Waals surface area contributed by atoms with Crippen LogP contribution in [0.25, 0.3) is 0 Å². The molecule has 1 N–H and O–H groups in total. The first-order valence-corrected chi connectivity index (χ1v) is 9.56. The van der Waals surface area contributed by atoms with Gasteiger partial charge >= 0.3 is 6.09 Å². The van der Waals surface area contributed by atoms with Gasteiger partial charge in [0.2, 0.25) is 0 Å². The van der Waals surface area contributed by atoms with Gasteiger partial charge in [0.1, 0.15) is 5.60 Å². The smallest absolute Gasteiger partial charge is 0.410 e. The molecule has 142 valence electrons. The number of fused-ring (bicyclic) bond motifs is 2. The molecule has 0 aromatic carbocycles. The summed E-state index contributed by atoms with van der Waals surface area (Å²) < 4.78 is 5.39. The quantitative estimate of drug-likeness (QED) is 0.852. The van der Waals surface area contributed by atoms with Crippen LogP contribution in [0, 0.1) is 17.8 Å². The van der Waals surface area contributed by atoms with Crippen LogP contribution in [0.4, 0.5) is 4.79 Å². The molecule has 1 heterocycles. The summed E-state index contributed by atoms with van der Waals surface area (Å²) in [6, 6.07) is 0. The number of carbonyl (C=O) groups is 1. The van der Waals surface area contributed by atoms with Crippen molar-refractivity contribution in [2.45, 2.75) is 60.0 Å². The maximum Gasteiger partial charge on any atom is 0.410 e. The summed E-state index contributed by atoms with van der Waals surface area (Å²) in [5, 5.41) is 9.35. The third-order valence-electron chi connectivity index (χ3n) is 5.23. The van der Waals surface area contributed by atoms with Gasteiger partial charge in [0, 0.05) is 19.7 Å². The Morgan fingerprint density at radius 1 is 1.08 bits per heavy atom. The third kappa shape index (κ3) is 6.25. The van der Waals surface area contributed by atoms with Crippen molar-refractivity contribution in [1.82, 2.24) is 9.80 Å². The number of carbonyl (C=O) groups excluding carboxylic acids is 1. The zero-order valence-corrected chi connectivity index (χ0v) is 16.5. The normalized spacial score (nSPS) is 26.2. The van der Waals surface area contributed by atoms with Crippen LogP contribution in [0.1, 0.15) is 54.4 Å². The number of ether oxygens (including phenoxy) is 1. The molecule has 2 atom stereocenters. The molecule has 5 heteroatoms. The zero-order chi connectivity index (χ0) is 18.3. The average molecular weight is 343 g/mol. The monoisotopic (exact) mass is 342 g/mol. The van der Waals surface area contributed by atoms with E-state index in [-0.39, 0.29) is 12.7 Å². The highest BCUT2D eigenvalue weighted by molar-refractivity contribution is 5.68. The summed E-state index contributed by atoms with van der Waals surface area (Å²) in [6.07, 6.45) is 2.07. The average Bonchev–Trinajstić information content (AvgIpc) is 2.76. The standard InChI is InChI=1S/C13H23NO3.C6H15N/c1-13(2,3)17-12(16)14-6-9-4-5-10(7-14)11(9)8-15;1-4-7(5-2)6-3/h9-11,15H,4-8H2,1-3H3;4-6H2,1-3H3. The van der Waals surface area contributed by atoms with E-state index in [1.807, 2.05) is 25.7 Å². The van der Waals surface area contributed by atoms with Crippen LogP contribution in [-0.4, -0.2) is 65.9 Å². The van der Waals surface area contributed by atoms with E-state index in [4.69, 9.17) is 4.74 Å². The van der Waals surface area contributed by atoms with Crippen molar-refractivity contribution >= 4 is 6.09 Å². The molecule has 24 heavy (non-hydrogen) atoms. The Morgan fingerprint density at radius 2 is 1.54 bits per heavy atom. The molecule has 1 aliphatic heterocycles. The summed E-state index contributed by atoms with van der Waals surface area (Å²) in [7, 11) is 0. The second kappa shape index (κ2) is 9.62. The summed E-state index contributed by atoms with van der Waals surface area (Å²) in [6.45, 7) is 17.5. The molecule has 1 saturated carbocycles. The molecule has 0 spiro atoms. The van der Waals surface area contributed by atoms with Crippen molar-refractivity contribution in [2.24, 2.45) is 17.8 Å². The maximum absolute atomic E-state index is 12.0. The first kappa shape index (κ1) is 21.2. The largest absolute Gasteiger partial charge is 0.444 e. The first-order valence-electron chi connectivity index (χ1n) is 9.56. The Morgan fingerprint density at radius 3 is 1.83 bits per heavy atom. The fourth-order valence-electron chi connectivity index (χ4n) is 3.78. The van der Waals surface area contributed by atoms with E-state index in [0.717, 1.165) is 25.9 Å². The van der Waals surface area contributed by atoms with Crippen LogP contribution >= 0.6 is 0 Å². The highest BCUT2D eigenvalue weighted by atomic mass is 16.6. The maximum atomic E-state index is 12.0. The Hall–Kier alpha value is -0.810. The third-order valence-corrected chi connectivity index (χ3v) is 5.23. The van der Waals surface area contributed by atoms with E-state index < -0.39 is 5.60 Å². The lowest BCUT2D eigenvalue weighted by molar-refractivity contribution is 0.00194. The van der Waals surface area contributed by atoms with Crippen LogP contribution in [-0.2, 0) is 4.74 Å². The fraction of sp³-hybridized carbons (Fsp3) is 0.947. The predicted octanol–water partition coefficient (Wildman–Crippen LogP) is 3.22. The number of hydrogen-bond donors (Lipinski definition) is 1. The minimum Gasteiger partial charge on any atom is -0.444 e. The molecule has 2 bridgehead atoms. The van der Waals surface area contributed by atoms with Crippen molar-refractivity contribution in [3.8, 4) is 0 Å². The van der Waals surface area contributed by atoms with Gasteiger partial charge in [0.05, 0.1) is 0 Å². The molecule has 2 fully saturated rings. The summed E-state index contributed by atoms with van der Waals surface area (Å²) in [5.41, 5.74) is -0.427. The minimum absolute atomic E-state index is 0.203. The molecular weight excluding hydrogens is 304 g/mol. The van der Waals surface area contributed by atoms with Gasteiger partial charge in [-0.05, 0) is 71.0 Å². The van der Waals surface area contributed by atoms with Crippen LogP contribution in [0.15, 0.2) is 0 Å². The Kier molecular flexibility index (Phi) is 8.51. The molecule has 1 saturated heterocycles. The highest BCUT2D eigenvalue weighted by Gasteiger charge is 2.43. The van der Waals surface area contributed by atoms with E-state index in [1.165, 1.54) is 19.6 Å². The van der Waals surface area contributed by atoms with E-state index in [9.17, 15) is 9.90 Å². The van der Waals surface area contributed by atoms with Gasteiger partial charge in [-0.3, -0.25) is 0 Å². The van der Waals surface area contributed by atoms with Gasteiger partial charge in [-0.15, -0.1) is 0 Å². The topological polar surface area (TPSA) is 53.0 Å². The molecule has 0 radical (unpaired) electrons. The predicted molar refractivity (Wildman–Crippen MR) is 98.1 cm³/mol. The lowest BCUT2D eigenvalue weighted by Gasteiger charge is -2.37. The number of rotatable bonds is 4. The Bertz CT molecular complexity index is 358. The number of aliphatic hydroxyl groups excluding tert-OH is 1. The van der Waals surface area contributed by atoms with E-state index >= 15 is 0 Å². The van der Waals surface area contributed by atoms with Gasteiger partial charge < -0.3 is 19.6 Å². The summed E-state index contributed by atoms with van der Waals surface area (Å²) in [5.74, 6) is 1.33. The number of piperidine rings is 1. The van der Waals surface area contributed by atoms with E-state index in [0.29, 0.717) is 17.8 Å². The number of aliphatic hydroxyl groups is 1. The molecule has 1 aliphatic carbocycles. The lowest BCUT2D eigenvalue weighted by atomic mass is 9.86. The van der Waals surface area contributed by atoms with E-state index in [2.05, 4.69) is 25.7 Å². The molecule has 2 aliphatic rings. The van der Waals surface area contributed by atoms with Crippen LogP contribution in [0.5, 0.6) is 0 Å². The first-order chi connectivity index (χ1) is 11.3. The van der Waals surface area contributed by atoms with Crippen LogP contribution in [0.2, 0.25) is 0 Å². The second-order valence-electron chi connectivity index (χ2n) is 7.95. The van der Waals surface area contributed by atoms with Crippen molar-refractivity contribution in [1.29, 1.82) is 0 Å². The molecular formula is C19H38N2O3. The summed E-state index contributed by atoms with van der Waals surface area (Å²) >= 11 is 0. The fourth-order valence-corrected chi connectivity index (χ4v) is 3.78. The second-order valence-corrected chi connectivity index (χ2v) is 7.95. The van der Waals surface area contributed by atoms with Gasteiger partial charge in [0.15, 0.2) is 0 Å². The van der Waals surface area contributed by atoms with Gasteiger partial charge in [0.25, 0.3) is 0 Å². The zero-order valence-electron chi connectivity index (χ0n) is 16.5. The minimum atomic E-state index is -0.427. The van der Waals surface area contributed by atoms with E-state index in [1.54, 1.807) is 0 Å². The van der Waals surface area contributed by atoms with Crippen LogP contribution < -0.4 is 0 Å². The van der Waals surface area contributed by atoms with Crippen molar-refractivity contribution in [3.05, 3.63) is 0 Å². The Balaban J connectivity index is 0.000000351. The Labute approximate surface area is 148 Å². The van der Waals surface area contributed by atoms with Gasteiger partial charge in [-0.1, -0.05) is 20.8 Å². The van der Waals surface area contributed by atoms with Gasteiger partial charge in [-0.2, -0.15) is 0 Å². The lowest BCUT2D eigenvalue weighted by Crippen LogP contribution is -2.47. The summed E-state index contributed by atoms with van der Waals surface area (Å²) in [4.78, 5) is 16.2. The number of likely N-dealkylation sites (tertiary alicyclic amines) is 1. The molecule has 5 nitrogen and oxygen atoms in total. The molecule has 1 amide bonds. The molecule has 2 rings (SSSR count). The molecule has 0 aromatic rings. The number of hydrogen-bond acceptors (Lipinski definition) is 4. The van der Waals surface area contributed by atoms with Crippen molar-refractivity contribution in [3.63, 3.8) is 0 Å². The molecule has 2 unspecified atom stereocenters. The SMILES string of the molecule is CC(C)(C)OC(=O)N1CC2CCC(C1)C2CO.CCN(CC)CC. The number of nitrogens with zero attached hydrogens (tertiary/aromatic N) is 2. The van der Waals surface area contributed by atoms with Crippen molar-refractivity contribution < 1.29 is 14.6 Å². The molecule has 0 aromatic heterocycles. The highest BCUT2D eigenvalue weighted by Crippen LogP contribution is 2.41. The van der Waals surface area contributed by atoms with Gasteiger partial charge in [-0.25, -0.2) is 4.79 Å². The van der Waals surface area contributed by atoms with Crippen LogP contribution in [0.3, 0.4) is 0 Å². The van der Waals surface area contributed by atoms with Crippen molar-refractivity contribution in [2.75, 3.05) is 39.3 Å². The number of amides is 1.